The highest BCUT2D eigenvalue weighted by atomic mass is 35.5. The Kier molecular flexibility index (Phi) is 7.54. The maximum absolute atomic E-state index is 13.2. The molecule has 1 aliphatic carbocycles. The van der Waals surface area contributed by atoms with Crippen molar-refractivity contribution in [2.75, 3.05) is 0 Å². The molecule has 176 valence electrons. The van der Waals surface area contributed by atoms with Gasteiger partial charge in [0.2, 0.25) is 11.8 Å². The van der Waals surface area contributed by atoms with Crippen LogP contribution in [0.5, 0.6) is 0 Å². The summed E-state index contributed by atoms with van der Waals surface area (Å²) < 4.78 is 0. The van der Waals surface area contributed by atoms with Gasteiger partial charge in [-0.2, -0.15) is 0 Å². The molecule has 0 saturated carbocycles. The van der Waals surface area contributed by atoms with E-state index in [4.69, 9.17) is 28.4 Å². The van der Waals surface area contributed by atoms with Crippen molar-refractivity contribution in [1.82, 2.24) is 10.8 Å². The SMILES string of the molecule is O=C(CC(Cc1ccc(-c2ccc(Cl)cc2Cl)cc1)C(=O)NC1c2ccccc2CC1O)NO. The zero-order chi connectivity index (χ0) is 24.2. The summed E-state index contributed by atoms with van der Waals surface area (Å²) in [5.74, 6) is -1.76. The Labute approximate surface area is 207 Å². The van der Waals surface area contributed by atoms with Gasteiger partial charge in [-0.15, -0.1) is 0 Å². The number of carbonyl (C=O) groups excluding carboxylic acids is 2. The summed E-state index contributed by atoms with van der Waals surface area (Å²) in [6, 6.07) is 19.8. The van der Waals surface area contributed by atoms with Crippen molar-refractivity contribution in [3.05, 3.63) is 93.5 Å². The molecule has 0 radical (unpaired) electrons. The summed E-state index contributed by atoms with van der Waals surface area (Å²) in [7, 11) is 0. The summed E-state index contributed by atoms with van der Waals surface area (Å²) >= 11 is 12.3. The summed E-state index contributed by atoms with van der Waals surface area (Å²) in [5.41, 5.74) is 6.03. The molecule has 2 amide bonds. The minimum absolute atomic E-state index is 0.197. The van der Waals surface area contributed by atoms with Crippen molar-refractivity contribution in [3.8, 4) is 11.1 Å². The van der Waals surface area contributed by atoms with Gasteiger partial charge >= 0.3 is 0 Å². The summed E-state index contributed by atoms with van der Waals surface area (Å²) in [4.78, 5) is 25.1. The van der Waals surface area contributed by atoms with Crippen molar-refractivity contribution in [2.45, 2.75) is 31.4 Å². The lowest BCUT2D eigenvalue weighted by Gasteiger charge is -2.22. The van der Waals surface area contributed by atoms with Crippen molar-refractivity contribution in [2.24, 2.45) is 5.92 Å². The number of rotatable bonds is 7. The molecule has 0 heterocycles. The topological polar surface area (TPSA) is 98.7 Å². The van der Waals surface area contributed by atoms with Crippen LogP contribution in [0.4, 0.5) is 0 Å². The minimum atomic E-state index is -0.739. The second-order valence-corrected chi connectivity index (χ2v) is 9.26. The van der Waals surface area contributed by atoms with Gasteiger partial charge in [0.05, 0.1) is 18.1 Å². The average Bonchev–Trinajstić information content (AvgIpc) is 3.14. The van der Waals surface area contributed by atoms with Gasteiger partial charge in [0.25, 0.3) is 0 Å². The first kappa shape index (κ1) is 24.2. The molecule has 8 heteroatoms. The van der Waals surface area contributed by atoms with Crippen LogP contribution >= 0.6 is 23.2 Å². The van der Waals surface area contributed by atoms with Gasteiger partial charge in [-0.3, -0.25) is 14.8 Å². The molecule has 3 unspecified atom stereocenters. The van der Waals surface area contributed by atoms with E-state index in [0.717, 1.165) is 27.8 Å². The van der Waals surface area contributed by atoms with Crippen molar-refractivity contribution in [3.63, 3.8) is 0 Å². The van der Waals surface area contributed by atoms with Crippen molar-refractivity contribution >= 4 is 35.0 Å². The van der Waals surface area contributed by atoms with Crippen LogP contribution in [0.1, 0.15) is 29.2 Å². The third kappa shape index (κ3) is 5.42. The molecule has 3 aromatic carbocycles. The average molecular weight is 499 g/mol. The summed E-state index contributed by atoms with van der Waals surface area (Å²) in [5, 5.41) is 23.5. The molecule has 4 rings (SSSR count). The highest BCUT2D eigenvalue weighted by Crippen LogP contribution is 2.33. The molecule has 4 N–H and O–H groups in total. The lowest BCUT2D eigenvalue weighted by atomic mass is 9.93. The van der Waals surface area contributed by atoms with E-state index in [9.17, 15) is 14.7 Å². The highest BCUT2D eigenvalue weighted by molar-refractivity contribution is 6.36. The highest BCUT2D eigenvalue weighted by Gasteiger charge is 2.34. The first-order chi connectivity index (χ1) is 16.4. The van der Waals surface area contributed by atoms with E-state index in [1.54, 1.807) is 17.6 Å². The smallest absolute Gasteiger partial charge is 0.244 e. The molecule has 0 saturated heterocycles. The fourth-order valence-electron chi connectivity index (χ4n) is 4.37. The maximum Gasteiger partial charge on any atom is 0.244 e. The predicted octanol–water partition coefficient (Wildman–Crippen LogP) is 4.49. The fraction of sp³-hybridized carbons (Fsp3) is 0.231. The molecular weight excluding hydrogens is 475 g/mol. The number of carbonyl (C=O) groups is 2. The van der Waals surface area contributed by atoms with Crippen LogP contribution in [0.25, 0.3) is 11.1 Å². The number of nitrogens with one attached hydrogen (secondary N) is 2. The number of hydroxylamine groups is 1. The standard InChI is InChI=1S/C26H24Cl2N2O4/c27-19-9-10-20(22(28)14-19)16-7-5-15(6-8-16)11-18(13-24(32)30-34)26(33)29-25-21-4-2-1-3-17(21)12-23(25)31/h1-10,14,18,23,25,31,34H,11-13H2,(H,29,33)(H,30,32). The number of aliphatic hydroxyl groups is 1. The van der Waals surface area contributed by atoms with Gasteiger partial charge in [-0.05, 0) is 40.8 Å². The molecule has 1 aliphatic rings. The van der Waals surface area contributed by atoms with E-state index in [2.05, 4.69) is 5.32 Å². The maximum atomic E-state index is 13.2. The van der Waals surface area contributed by atoms with E-state index in [-0.39, 0.29) is 18.7 Å². The van der Waals surface area contributed by atoms with Crippen LogP contribution in [0.3, 0.4) is 0 Å². The van der Waals surface area contributed by atoms with Gasteiger partial charge in [-0.25, -0.2) is 5.48 Å². The number of halogens is 2. The minimum Gasteiger partial charge on any atom is -0.390 e. The molecule has 34 heavy (non-hydrogen) atoms. The summed E-state index contributed by atoms with van der Waals surface area (Å²) in [6.45, 7) is 0. The van der Waals surface area contributed by atoms with Gasteiger partial charge in [0, 0.05) is 28.5 Å². The summed E-state index contributed by atoms with van der Waals surface area (Å²) in [6.07, 6.45) is -0.204. The molecule has 0 aromatic heterocycles. The second-order valence-electron chi connectivity index (χ2n) is 8.42. The zero-order valence-electron chi connectivity index (χ0n) is 18.2. The molecule has 0 aliphatic heterocycles. The van der Waals surface area contributed by atoms with Crippen LogP contribution in [0, 0.1) is 5.92 Å². The van der Waals surface area contributed by atoms with E-state index in [1.807, 2.05) is 54.6 Å². The number of hydrogen-bond acceptors (Lipinski definition) is 4. The monoisotopic (exact) mass is 498 g/mol. The molecule has 3 atom stereocenters. The van der Waals surface area contributed by atoms with E-state index >= 15 is 0 Å². The molecule has 0 spiro atoms. The molecular formula is C26H24Cl2N2O4. The van der Waals surface area contributed by atoms with Crippen LogP contribution in [-0.4, -0.2) is 28.2 Å². The largest absolute Gasteiger partial charge is 0.390 e. The normalized spacial score (nSPS) is 17.6. The van der Waals surface area contributed by atoms with E-state index in [1.165, 1.54) is 0 Å². The lowest BCUT2D eigenvalue weighted by Crippen LogP contribution is -2.40. The lowest BCUT2D eigenvalue weighted by molar-refractivity contribution is -0.135. The second kappa shape index (κ2) is 10.6. The van der Waals surface area contributed by atoms with Crippen molar-refractivity contribution < 1.29 is 19.9 Å². The quantitative estimate of drug-likeness (QED) is 0.285. The fourth-order valence-corrected chi connectivity index (χ4v) is 4.89. The number of hydrogen-bond donors (Lipinski definition) is 4. The number of fused-ring (bicyclic) bond motifs is 1. The first-order valence-corrected chi connectivity index (χ1v) is 11.6. The van der Waals surface area contributed by atoms with Crippen molar-refractivity contribution in [1.29, 1.82) is 0 Å². The number of amides is 2. The third-order valence-electron chi connectivity index (χ3n) is 6.11. The van der Waals surface area contributed by atoms with E-state index in [0.29, 0.717) is 16.5 Å². The van der Waals surface area contributed by atoms with Crippen LogP contribution in [-0.2, 0) is 22.4 Å². The molecule has 0 bridgehead atoms. The van der Waals surface area contributed by atoms with Gasteiger partial charge in [0.15, 0.2) is 0 Å². The van der Waals surface area contributed by atoms with Crippen LogP contribution < -0.4 is 10.8 Å². The Bertz CT molecular complexity index is 1200. The molecule has 3 aromatic rings. The predicted molar refractivity (Wildman–Crippen MR) is 131 cm³/mol. The first-order valence-electron chi connectivity index (χ1n) is 10.9. The Balaban J connectivity index is 1.51. The van der Waals surface area contributed by atoms with Crippen LogP contribution in [0.2, 0.25) is 10.0 Å². The van der Waals surface area contributed by atoms with Gasteiger partial charge in [-0.1, -0.05) is 77.8 Å². The van der Waals surface area contributed by atoms with Crippen LogP contribution in [0.15, 0.2) is 66.7 Å². The Morgan fingerprint density at radius 3 is 2.47 bits per heavy atom. The zero-order valence-corrected chi connectivity index (χ0v) is 19.7. The van der Waals surface area contributed by atoms with Gasteiger partial charge < -0.3 is 10.4 Å². The Morgan fingerprint density at radius 2 is 1.76 bits per heavy atom. The Hall–Kier alpha value is -2.90. The third-order valence-corrected chi connectivity index (χ3v) is 6.66. The van der Waals surface area contributed by atoms with Gasteiger partial charge in [0.1, 0.15) is 0 Å². The molecule has 0 fully saturated rings. The van der Waals surface area contributed by atoms with E-state index < -0.39 is 24.0 Å². The molecule has 6 nitrogen and oxygen atoms in total. The Morgan fingerprint density at radius 1 is 1.03 bits per heavy atom. The number of aliphatic hydroxyl groups excluding tert-OH is 1. The number of benzene rings is 3.